The number of hydrogen-bond donors (Lipinski definition) is 2. The fraction of sp³-hybridized carbons (Fsp3) is 0.160. The van der Waals surface area contributed by atoms with Crippen molar-refractivity contribution in [2.24, 2.45) is 5.73 Å². The molecule has 7 nitrogen and oxygen atoms in total. The van der Waals surface area contributed by atoms with E-state index in [0.29, 0.717) is 12.4 Å². The maximum atomic E-state index is 13.9. The maximum absolute atomic E-state index is 13.9. The molecule has 0 bridgehead atoms. The standard InChI is InChI=1S/C25H20F3N3O4S/c1-24(29,23(32)33)22-31-30-21(36-22)16-10-11-20(19(12-16)25(26,27)28)35-18-9-5-8-17(13-18)34-14-15-6-3-2-4-7-15/h2-13H,14,29H2,1H3,(H,32,33)/t24-/m1/s1. The second-order valence-electron chi connectivity index (χ2n) is 7.98. The number of nitrogens with zero attached hydrogens (tertiary/aromatic N) is 2. The van der Waals surface area contributed by atoms with Crippen LogP contribution in [0.1, 0.15) is 23.1 Å². The summed E-state index contributed by atoms with van der Waals surface area (Å²) in [5.41, 5.74) is 3.94. The molecule has 186 valence electrons. The zero-order valence-electron chi connectivity index (χ0n) is 18.8. The van der Waals surface area contributed by atoms with Gasteiger partial charge in [0.1, 0.15) is 33.9 Å². The molecule has 1 atom stereocenters. The average molecular weight is 516 g/mol. The topological polar surface area (TPSA) is 108 Å². The Hall–Kier alpha value is -3.96. The van der Waals surface area contributed by atoms with Gasteiger partial charge in [-0.15, -0.1) is 10.2 Å². The normalized spacial score (nSPS) is 13.1. The van der Waals surface area contributed by atoms with Gasteiger partial charge in [0, 0.05) is 11.6 Å². The van der Waals surface area contributed by atoms with E-state index in [1.807, 2.05) is 30.3 Å². The van der Waals surface area contributed by atoms with Crippen molar-refractivity contribution in [1.82, 2.24) is 10.2 Å². The molecule has 1 aromatic heterocycles. The highest BCUT2D eigenvalue weighted by atomic mass is 32.1. The molecule has 4 aromatic rings. The van der Waals surface area contributed by atoms with Crippen LogP contribution in [0.5, 0.6) is 17.2 Å². The molecule has 3 N–H and O–H groups in total. The third-order valence-corrected chi connectivity index (χ3v) is 6.34. The van der Waals surface area contributed by atoms with Crippen LogP contribution in [-0.4, -0.2) is 21.3 Å². The smallest absolute Gasteiger partial charge is 0.420 e. The largest absolute Gasteiger partial charge is 0.489 e. The molecule has 0 saturated carbocycles. The van der Waals surface area contributed by atoms with Crippen molar-refractivity contribution in [3.05, 3.63) is 88.9 Å². The summed E-state index contributed by atoms with van der Waals surface area (Å²) in [5, 5.41) is 16.9. The summed E-state index contributed by atoms with van der Waals surface area (Å²) < 4.78 is 53.0. The minimum absolute atomic E-state index is 0.0359. The van der Waals surface area contributed by atoms with Gasteiger partial charge in [-0.3, -0.25) is 0 Å². The molecule has 3 aromatic carbocycles. The van der Waals surface area contributed by atoms with Crippen molar-refractivity contribution in [3.8, 4) is 27.8 Å². The Labute approximate surface area is 207 Å². The van der Waals surface area contributed by atoms with E-state index in [1.165, 1.54) is 31.2 Å². The fourth-order valence-electron chi connectivity index (χ4n) is 3.11. The number of carbonyl (C=O) groups is 1. The number of aromatic nitrogens is 2. The molecule has 36 heavy (non-hydrogen) atoms. The van der Waals surface area contributed by atoms with Crippen molar-refractivity contribution in [3.63, 3.8) is 0 Å². The van der Waals surface area contributed by atoms with Crippen molar-refractivity contribution in [2.75, 3.05) is 0 Å². The second kappa shape index (κ2) is 9.96. The van der Waals surface area contributed by atoms with Gasteiger partial charge in [0.05, 0.1) is 5.56 Å². The van der Waals surface area contributed by atoms with E-state index >= 15 is 0 Å². The summed E-state index contributed by atoms with van der Waals surface area (Å²) in [5.74, 6) is -1.14. The fourth-order valence-corrected chi connectivity index (χ4v) is 4.00. The summed E-state index contributed by atoms with van der Waals surface area (Å²) >= 11 is 0.803. The summed E-state index contributed by atoms with van der Waals surface area (Å²) in [4.78, 5) is 11.3. The molecular formula is C25H20F3N3O4S. The summed E-state index contributed by atoms with van der Waals surface area (Å²) in [7, 11) is 0. The lowest BCUT2D eigenvalue weighted by Gasteiger charge is -2.15. The highest BCUT2D eigenvalue weighted by molar-refractivity contribution is 7.15. The maximum Gasteiger partial charge on any atom is 0.420 e. The lowest BCUT2D eigenvalue weighted by atomic mass is 10.1. The molecule has 0 spiro atoms. The van der Waals surface area contributed by atoms with Gasteiger partial charge < -0.3 is 20.3 Å². The second-order valence-corrected chi connectivity index (χ2v) is 8.96. The Balaban J connectivity index is 1.58. The molecule has 0 radical (unpaired) electrons. The van der Waals surface area contributed by atoms with Crippen LogP contribution in [0.3, 0.4) is 0 Å². The van der Waals surface area contributed by atoms with Crippen molar-refractivity contribution < 1.29 is 32.5 Å². The average Bonchev–Trinajstić information content (AvgIpc) is 3.34. The highest BCUT2D eigenvalue weighted by Crippen LogP contribution is 2.41. The summed E-state index contributed by atoms with van der Waals surface area (Å²) in [6.45, 7) is 1.52. The Bertz CT molecular complexity index is 1370. The number of carboxylic acids is 1. The van der Waals surface area contributed by atoms with Crippen LogP contribution in [0.15, 0.2) is 72.8 Å². The van der Waals surface area contributed by atoms with E-state index in [-0.39, 0.29) is 21.3 Å². The number of ether oxygens (including phenoxy) is 2. The lowest BCUT2D eigenvalue weighted by Crippen LogP contribution is -2.41. The third kappa shape index (κ3) is 5.64. The number of carboxylic acid groups (broad SMARTS) is 1. The monoisotopic (exact) mass is 515 g/mol. The van der Waals surface area contributed by atoms with Crippen LogP contribution < -0.4 is 15.2 Å². The molecule has 0 amide bonds. The van der Waals surface area contributed by atoms with Crippen LogP contribution in [0.2, 0.25) is 0 Å². The van der Waals surface area contributed by atoms with E-state index in [1.54, 1.807) is 12.1 Å². The zero-order valence-corrected chi connectivity index (χ0v) is 19.6. The van der Waals surface area contributed by atoms with Crippen molar-refractivity contribution >= 4 is 17.3 Å². The number of rotatable bonds is 8. The molecule has 0 unspecified atom stereocenters. The Morgan fingerprint density at radius 2 is 1.72 bits per heavy atom. The van der Waals surface area contributed by atoms with Gasteiger partial charge in [0.2, 0.25) is 0 Å². The van der Waals surface area contributed by atoms with Crippen molar-refractivity contribution in [1.29, 1.82) is 0 Å². The van der Waals surface area contributed by atoms with Gasteiger partial charge >= 0.3 is 12.1 Å². The third-order valence-electron chi connectivity index (χ3n) is 5.13. The van der Waals surface area contributed by atoms with Crippen LogP contribution in [0.25, 0.3) is 10.6 Å². The SMILES string of the molecule is C[C@](N)(C(=O)O)c1nnc(-c2ccc(Oc3cccc(OCc4ccccc4)c3)c(C(F)(F)F)c2)s1. The first kappa shape index (κ1) is 25.1. The van der Waals surface area contributed by atoms with Gasteiger partial charge in [-0.1, -0.05) is 47.7 Å². The first-order chi connectivity index (χ1) is 17.0. The van der Waals surface area contributed by atoms with Crippen molar-refractivity contribution in [2.45, 2.75) is 25.2 Å². The minimum atomic E-state index is -4.73. The predicted molar refractivity (Wildman–Crippen MR) is 127 cm³/mol. The molecular weight excluding hydrogens is 495 g/mol. The Kier molecular flexibility index (Phi) is 6.95. The Morgan fingerprint density at radius 3 is 2.42 bits per heavy atom. The minimum Gasteiger partial charge on any atom is -0.489 e. The van der Waals surface area contributed by atoms with E-state index in [0.717, 1.165) is 23.0 Å². The quantitative estimate of drug-likeness (QED) is 0.303. The van der Waals surface area contributed by atoms with Crippen LogP contribution in [0.4, 0.5) is 13.2 Å². The molecule has 0 aliphatic carbocycles. The van der Waals surface area contributed by atoms with Gasteiger partial charge in [-0.05, 0) is 42.8 Å². The Morgan fingerprint density at radius 1 is 1.00 bits per heavy atom. The zero-order chi connectivity index (χ0) is 25.9. The number of benzene rings is 3. The molecule has 1 heterocycles. The van der Waals surface area contributed by atoms with E-state index in [4.69, 9.17) is 15.2 Å². The van der Waals surface area contributed by atoms with Gasteiger partial charge in [-0.25, -0.2) is 4.79 Å². The van der Waals surface area contributed by atoms with Crippen LogP contribution in [-0.2, 0) is 23.1 Å². The van der Waals surface area contributed by atoms with E-state index in [2.05, 4.69) is 10.2 Å². The predicted octanol–water partition coefficient (Wildman–Crippen LogP) is 5.85. The number of halogens is 3. The number of hydrogen-bond acceptors (Lipinski definition) is 7. The molecule has 0 aliphatic heterocycles. The number of nitrogens with two attached hydrogens (primary N) is 1. The molecule has 0 saturated heterocycles. The highest BCUT2D eigenvalue weighted by Gasteiger charge is 2.37. The summed E-state index contributed by atoms with van der Waals surface area (Å²) in [6, 6.07) is 19.2. The van der Waals surface area contributed by atoms with Crippen LogP contribution >= 0.6 is 11.3 Å². The number of alkyl halides is 3. The molecule has 0 aliphatic rings. The molecule has 4 rings (SSSR count). The first-order valence-electron chi connectivity index (χ1n) is 10.6. The molecule has 0 fully saturated rings. The van der Waals surface area contributed by atoms with Gasteiger partial charge in [0.25, 0.3) is 0 Å². The number of aliphatic carboxylic acids is 1. The van der Waals surface area contributed by atoms with Crippen LogP contribution in [0, 0.1) is 0 Å². The summed E-state index contributed by atoms with van der Waals surface area (Å²) in [6.07, 6.45) is -4.73. The first-order valence-corrected chi connectivity index (χ1v) is 11.4. The van der Waals surface area contributed by atoms with Gasteiger partial charge in [-0.2, -0.15) is 13.2 Å². The molecule has 11 heteroatoms. The van der Waals surface area contributed by atoms with Gasteiger partial charge in [0.15, 0.2) is 5.54 Å². The lowest BCUT2D eigenvalue weighted by molar-refractivity contribution is -0.143. The van der Waals surface area contributed by atoms with E-state index < -0.39 is 29.0 Å². The van der Waals surface area contributed by atoms with E-state index in [9.17, 15) is 23.1 Å².